The number of halogens is 2. The number of fused-ring (bicyclic) bond motifs is 2. The highest BCUT2D eigenvalue weighted by Gasteiger charge is 2.51. The van der Waals surface area contributed by atoms with Gasteiger partial charge in [-0.15, -0.1) is 0 Å². The van der Waals surface area contributed by atoms with Crippen LogP contribution in [0, 0.1) is 23.0 Å². The molecule has 2 atom stereocenters. The minimum Gasteiger partial charge on any atom is -0.445 e. The highest BCUT2D eigenvalue weighted by Crippen LogP contribution is 2.46. The smallest absolute Gasteiger partial charge is 0.410 e. The molecule has 2 fully saturated rings. The highest BCUT2D eigenvalue weighted by atomic mass is 19.1. The van der Waals surface area contributed by atoms with Crippen LogP contribution >= 0.6 is 0 Å². The molecule has 1 N–H and O–H groups in total. The van der Waals surface area contributed by atoms with Crippen LogP contribution in [0.15, 0.2) is 42.5 Å². The quantitative estimate of drug-likeness (QED) is 0.849. The maximum absolute atomic E-state index is 14.1. The van der Waals surface area contributed by atoms with Gasteiger partial charge >= 0.3 is 6.09 Å². The molecule has 2 heterocycles. The first-order valence-corrected chi connectivity index (χ1v) is 9.52. The molecule has 0 aliphatic carbocycles. The molecule has 2 bridgehead atoms. The summed E-state index contributed by atoms with van der Waals surface area (Å²) in [6.45, 7) is 0.159. The van der Waals surface area contributed by atoms with Crippen LogP contribution in [0.1, 0.15) is 42.4 Å². The number of carbonyl (C=O) groups excluding carboxylic acids is 1. The Labute approximate surface area is 167 Å². The van der Waals surface area contributed by atoms with Crippen LogP contribution < -0.4 is 0 Å². The van der Waals surface area contributed by atoms with E-state index in [1.165, 1.54) is 6.07 Å². The Bertz CT molecular complexity index is 937. The Kier molecular flexibility index (Phi) is 4.97. The van der Waals surface area contributed by atoms with Gasteiger partial charge in [0.1, 0.15) is 29.9 Å². The first kappa shape index (κ1) is 19.3. The van der Waals surface area contributed by atoms with Crippen LogP contribution in [0.3, 0.4) is 0 Å². The summed E-state index contributed by atoms with van der Waals surface area (Å²) < 4.78 is 33.5. The molecule has 2 aromatic carbocycles. The summed E-state index contributed by atoms with van der Waals surface area (Å²) in [4.78, 5) is 14.3. The molecule has 2 aliphatic rings. The molecular weight excluding hydrogens is 378 g/mol. The first-order chi connectivity index (χ1) is 13.9. The average Bonchev–Trinajstić information content (AvgIpc) is 2.98. The van der Waals surface area contributed by atoms with Crippen LogP contribution in [0.5, 0.6) is 0 Å². The van der Waals surface area contributed by atoms with Gasteiger partial charge in [0, 0.05) is 24.9 Å². The van der Waals surface area contributed by atoms with Crippen molar-refractivity contribution in [2.24, 2.45) is 0 Å². The largest absolute Gasteiger partial charge is 0.445 e. The zero-order valence-electron chi connectivity index (χ0n) is 15.6. The lowest BCUT2D eigenvalue weighted by atomic mass is 9.80. The maximum atomic E-state index is 14.1. The minimum atomic E-state index is -1.46. The summed E-state index contributed by atoms with van der Waals surface area (Å²) in [5.74, 6) is -1.99. The summed E-state index contributed by atoms with van der Waals surface area (Å²) in [5, 5.41) is 20.0. The fraction of sp³-hybridized carbons (Fsp3) is 0.364. The standard InChI is InChI=1S/C22H20F2N2O3/c23-19-8-15(9-20(24)18(19)12-25)22(28)10-16-6-7-17(11-22)26(16)21(27)29-13-14-4-2-1-3-5-14/h1-5,8-9,16-17,28H,6-7,10-11,13H2. The van der Waals surface area contributed by atoms with E-state index in [4.69, 9.17) is 10.00 Å². The summed E-state index contributed by atoms with van der Waals surface area (Å²) in [5.41, 5.74) is -1.15. The zero-order chi connectivity index (χ0) is 20.6. The number of benzene rings is 2. The minimum absolute atomic E-state index is 0.0979. The SMILES string of the molecule is N#Cc1c(F)cc(C2(O)CC3CCC(C2)N3C(=O)OCc2ccccc2)cc1F. The lowest BCUT2D eigenvalue weighted by Crippen LogP contribution is -2.52. The molecule has 2 saturated heterocycles. The molecule has 0 aromatic heterocycles. The Hall–Kier alpha value is -2.98. The van der Waals surface area contributed by atoms with E-state index in [0.717, 1.165) is 17.7 Å². The van der Waals surface area contributed by atoms with Gasteiger partial charge in [-0.1, -0.05) is 30.3 Å². The molecule has 29 heavy (non-hydrogen) atoms. The van der Waals surface area contributed by atoms with Gasteiger partial charge in [0.25, 0.3) is 0 Å². The van der Waals surface area contributed by atoms with Crippen LogP contribution in [0.4, 0.5) is 13.6 Å². The van der Waals surface area contributed by atoms with Crippen LogP contribution in [-0.2, 0) is 16.9 Å². The second kappa shape index (κ2) is 7.45. The van der Waals surface area contributed by atoms with E-state index in [9.17, 15) is 18.7 Å². The predicted octanol–water partition coefficient (Wildman–Crippen LogP) is 3.99. The van der Waals surface area contributed by atoms with Gasteiger partial charge < -0.3 is 14.7 Å². The molecule has 5 nitrogen and oxygen atoms in total. The molecule has 4 rings (SSSR count). The maximum Gasteiger partial charge on any atom is 0.410 e. The van der Waals surface area contributed by atoms with Gasteiger partial charge in [-0.2, -0.15) is 5.26 Å². The van der Waals surface area contributed by atoms with Crippen molar-refractivity contribution in [1.29, 1.82) is 5.26 Å². The van der Waals surface area contributed by atoms with Gasteiger partial charge in [-0.05, 0) is 36.1 Å². The van der Waals surface area contributed by atoms with Crippen molar-refractivity contribution < 1.29 is 23.4 Å². The van der Waals surface area contributed by atoms with E-state index in [1.807, 2.05) is 30.3 Å². The van der Waals surface area contributed by atoms with Gasteiger partial charge in [0.15, 0.2) is 0 Å². The number of hydrogen-bond donors (Lipinski definition) is 1. The second-order valence-corrected chi connectivity index (χ2v) is 7.70. The summed E-state index contributed by atoms with van der Waals surface area (Å²) in [6, 6.07) is 12.3. The molecule has 0 spiro atoms. The van der Waals surface area contributed by atoms with E-state index in [1.54, 1.807) is 4.90 Å². The molecule has 150 valence electrons. The molecule has 0 saturated carbocycles. The average molecular weight is 398 g/mol. The highest BCUT2D eigenvalue weighted by molar-refractivity contribution is 5.69. The number of nitrogens with zero attached hydrogens (tertiary/aromatic N) is 2. The van der Waals surface area contributed by atoms with Crippen LogP contribution in [0.25, 0.3) is 0 Å². The van der Waals surface area contributed by atoms with Crippen molar-refractivity contribution in [1.82, 2.24) is 4.90 Å². The van der Waals surface area contributed by atoms with Crippen LogP contribution in [0.2, 0.25) is 0 Å². The Balaban J connectivity index is 1.50. The number of carbonyl (C=O) groups is 1. The number of hydrogen-bond acceptors (Lipinski definition) is 4. The van der Waals surface area contributed by atoms with Gasteiger partial charge in [0.05, 0.1) is 5.60 Å². The van der Waals surface area contributed by atoms with Crippen molar-refractivity contribution in [2.45, 2.75) is 50.0 Å². The molecule has 2 aromatic rings. The fourth-order valence-electron chi connectivity index (χ4n) is 4.50. The first-order valence-electron chi connectivity index (χ1n) is 9.52. The normalized spacial score (nSPS) is 25.5. The third kappa shape index (κ3) is 3.56. The third-order valence-corrected chi connectivity index (χ3v) is 5.87. The number of aliphatic hydroxyl groups is 1. The number of nitriles is 1. The van der Waals surface area contributed by atoms with Crippen molar-refractivity contribution in [3.63, 3.8) is 0 Å². The lowest BCUT2D eigenvalue weighted by Gasteiger charge is -2.43. The van der Waals surface area contributed by atoms with Crippen molar-refractivity contribution >= 4 is 6.09 Å². The molecule has 0 radical (unpaired) electrons. The summed E-state index contributed by atoms with van der Waals surface area (Å²) in [7, 11) is 0. The van der Waals surface area contributed by atoms with Gasteiger partial charge in [-0.25, -0.2) is 13.6 Å². The second-order valence-electron chi connectivity index (χ2n) is 7.70. The van der Waals surface area contributed by atoms with E-state index in [-0.39, 0.29) is 37.1 Å². The van der Waals surface area contributed by atoms with E-state index < -0.39 is 28.9 Å². The monoisotopic (exact) mass is 398 g/mol. The number of rotatable bonds is 3. The number of ether oxygens (including phenoxy) is 1. The van der Waals surface area contributed by atoms with Gasteiger partial charge in [-0.3, -0.25) is 0 Å². The third-order valence-electron chi connectivity index (χ3n) is 5.87. The van der Waals surface area contributed by atoms with Gasteiger partial charge in [0.2, 0.25) is 0 Å². The lowest BCUT2D eigenvalue weighted by molar-refractivity contribution is -0.0540. The van der Waals surface area contributed by atoms with Crippen molar-refractivity contribution in [2.75, 3.05) is 0 Å². The molecule has 2 unspecified atom stereocenters. The van der Waals surface area contributed by atoms with E-state index >= 15 is 0 Å². The van der Waals surface area contributed by atoms with Crippen LogP contribution in [-0.4, -0.2) is 28.2 Å². The topological polar surface area (TPSA) is 73.6 Å². The molecule has 7 heteroatoms. The molecule has 1 amide bonds. The fourth-order valence-corrected chi connectivity index (χ4v) is 4.50. The summed E-state index contributed by atoms with van der Waals surface area (Å²) in [6.07, 6.45) is 1.26. The number of amides is 1. The van der Waals surface area contributed by atoms with E-state index in [0.29, 0.717) is 12.8 Å². The zero-order valence-corrected chi connectivity index (χ0v) is 15.6. The Morgan fingerprint density at radius 2 is 1.76 bits per heavy atom. The van der Waals surface area contributed by atoms with Crippen molar-refractivity contribution in [3.8, 4) is 6.07 Å². The number of piperidine rings is 1. The Morgan fingerprint density at radius 1 is 1.17 bits per heavy atom. The molecular formula is C22H20F2N2O3. The van der Waals surface area contributed by atoms with Crippen molar-refractivity contribution in [3.05, 3.63) is 70.8 Å². The molecule has 2 aliphatic heterocycles. The summed E-state index contributed by atoms with van der Waals surface area (Å²) >= 11 is 0. The van der Waals surface area contributed by atoms with E-state index in [2.05, 4.69) is 0 Å². The predicted molar refractivity (Wildman–Crippen MR) is 99.5 cm³/mol. The Morgan fingerprint density at radius 3 is 2.31 bits per heavy atom.